The second-order valence-corrected chi connectivity index (χ2v) is 3.53. The van der Waals surface area contributed by atoms with Crippen molar-refractivity contribution in [3.63, 3.8) is 0 Å². The zero-order chi connectivity index (χ0) is 12.3. The van der Waals surface area contributed by atoms with Crippen LogP contribution in [-0.2, 0) is 11.3 Å². The lowest BCUT2D eigenvalue weighted by Gasteiger charge is -2.07. The van der Waals surface area contributed by atoms with Gasteiger partial charge in [0.25, 0.3) is 0 Å². The zero-order valence-corrected chi connectivity index (χ0v) is 10.0. The SMILES string of the molecule is [B]COc1ccc(CNCCOCCN)cc1. The van der Waals surface area contributed by atoms with Crippen LogP contribution in [0.3, 0.4) is 0 Å². The number of hydrogen-bond donors (Lipinski definition) is 2. The van der Waals surface area contributed by atoms with E-state index in [1.807, 2.05) is 24.3 Å². The molecule has 0 aliphatic carbocycles. The van der Waals surface area contributed by atoms with Crippen LogP contribution in [0.25, 0.3) is 0 Å². The molecule has 0 saturated carbocycles. The van der Waals surface area contributed by atoms with Gasteiger partial charge in [0.1, 0.15) is 13.6 Å². The summed E-state index contributed by atoms with van der Waals surface area (Å²) in [5.74, 6) is 0.794. The first-order valence-electron chi connectivity index (χ1n) is 5.77. The van der Waals surface area contributed by atoms with Gasteiger partial charge >= 0.3 is 0 Å². The highest BCUT2D eigenvalue weighted by Gasteiger charge is 1.94. The highest BCUT2D eigenvalue weighted by atomic mass is 16.5. The number of rotatable bonds is 9. The van der Waals surface area contributed by atoms with Crippen LogP contribution < -0.4 is 15.8 Å². The van der Waals surface area contributed by atoms with Crippen molar-refractivity contribution < 1.29 is 9.47 Å². The molecule has 0 fully saturated rings. The molecule has 0 atom stereocenters. The molecule has 0 aliphatic rings. The van der Waals surface area contributed by atoms with E-state index in [0.29, 0.717) is 19.8 Å². The summed E-state index contributed by atoms with van der Waals surface area (Å²) in [7, 11) is 5.28. The Bertz CT molecular complexity index is 293. The van der Waals surface area contributed by atoms with E-state index < -0.39 is 0 Å². The number of ether oxygens (including phenoxy) is 2. The van der Waals surface area contributed by atoms with E-state index >= 15 is 0 Å². The topological polar surface area (TPSA) is 56.5 Å². The normalized spacial score (nSPS) is 10.4. The van der Waals surface area contributed by atoms with E-state index in [4.69, 9.17) is 23.1 Å². The van der Waals surface area contributed by atoms with Crippen molar-refractivity contribution in [1.29, 1.82) is 0 Å². The molecule has 5 heteroatoms. The molecule has 4 nitrogen and oxygen atoms in total. The van der Waals surface area contributed by atoms with Gasteiger partial charge in [-0.25, -0.2) is 0 Å². The minimum Gasteiger partial charge on any atom is -0.504 e. The minimum atomic E-state index is 0.204. The third-order valence-corrected chi connectivity index (χ3v) is 2.19. The predicted octanol–water partition coefficient (Wildman–Crippen LogP) is 0.256. The Hall–Kier alpha value is -1.04. The van der Waals surface area contributed by atoms with Crippen molar-refractivity contribution >= 4 is 7.85 Å². The molecule has 0 aliphatic heterocycles. The molecule has 17 heavy (non-hydrogen) atoms. The first-order valence-corrected chi connectivity index (χ1v) is 5.77. The lowest BCUT2D eigenvalue weighted by atomic mass is 10.2. The summed E-state index contributed by atoms with van der Waals surface area (Å²) in [5, 5.41) is 3.28. The quantitative estimate of drug-likeness (QED) is 0.475. The highest BCUT2D eigenvalue weighted by molar-refractivity contribution is 6.08. The molecule has 0 spiro atoms. The van der Waals surface area contributed by atoms with Gasteiger partial charge in [0, 0.05) is 26.1 Å². The molecule has 92 valence electrons. The summed E-state index contributed by atoms with van der Waals surface area (Å²) in [6.07, 6.45) is 0. The Labute approximate surface area is 104 Å². The van der Waals surface area contributed by atoms with E-state index in [0.717, 1.165) is 18.8 Å². The van der Waals surface area contributed by atoms with Gasteiger partial charge in [-0.15, -0.1) is 0 Å². The van der Waals surface area contributed by atoms with Crippen molar-refractivity contribution in [1.82, 2.24) is 5.32 Å². The fourth-order valence-electron chi connectivity index (χ4n) is 1.36. The summed E-state index contributed by atoms with van der Waals surface area (Å²) in [5.41, 5.74) is 6.51. The molecule has 1 rings (SSSR count). The van der Waals surface area contributed by atoms with Crippen molar-refractivity contribution in [3.8, 4) is 5.75 Å². The molecule has 0 amide bonds. The third-order valence-electron chi connectivity index (χ3n) is 2.19. The van der Waals surface area contributed by atoms with Gasteiger partial charge in [0.05, 0.1) is 13.2 Å². The standard InChI is InChI=1S/C12H19BN2O2/c13-10-17-12-3-1-11(2-4-12)9-15-6-8-16-7-5-14/h1-4,15H,5-10,14H2. The average Bonchev–Trinajstić information content (AvgIpc) is 2.36. The van der Waals surface area contributed by atoms with Crippen LogP contribution >= 0.6 is 0 Å². The van der Waals surface area contributed by atoms with Gasteiger partial charge in [-0.05, 0) is 17.7 Å². The summed E-state index contributed by atoms with van der Waals surface area (Å²) in [6.45, 7) is 3.72. The molecule has 0 bridgehead atoms. The van der Waals surface area contributed by atoms with Gasteiger partial charge in [0.15, 0.2) is 0 Å². The van der Waals surface area contributed by atoms with E-state index in [2.05, 4.69) is 5.32 Å². The first-order chi connectivity index (χ1) is 8.36. The van der Waals surface area contributed by atoms with Crippen LogP contribution in [0.1, 0.15) is 5.56 Å². The third kappa shape index (κ3) is 6.31. The Morgan fingerprint density at radius 3 is 2.59 bits per heavy atom. The Kier molecular flexibility index (Phi) is 7.46. The van der Waals surface area contributed by atoms with E-state index in [-0.39, 0.29) is 6.51 Å². The molecule has 2 radical (unpaired) electrons. The zero-order valence-electron chi connectivity index (χ0n) is 10.0. The molecule has 0 heterocycles. The first kappa shape index (κ1) is 14.0. The van der Waals surface area contributed by atoms with E-state index in [1.54, 1.807) is 0 Å². The van der Waals surface area contributed by atoms with Crippen LogP contribution in [0.4, 0.5) is 0 Å². The summed E-state index contributed by atoms with van der Waals surface area (Å²) >= 11 is 0. The second-order valence-electron chi connectivity index (χ2n) is 3.53. The Balaban J connectivity index is 2.14. The Morgan fingerprint density at radius 2 is 1.94 bits per heavy atom. The lowest BCUT2D eigenvalue weighted by molar-refractivity contribution is 0.143. The molecule has 0 aromatic heterocycles. The fraction of sp³-hybridized carbons (Fsp3) is 0.500. The number of nitrogens with one attached hydrogen (secondary N) is 1. The summed E-state index contributed by atoms with van der Waals surface area (Å²) < 4.78 is 10.4. The number of nitrogens with two attached hydrogens (primary N) is 1. The van der Waals surface area contributed by atoms with E-state index in [9.17, 15) is 0 Å². The molecule has 0 saturated heterocycles. The largest absolute Gasteiger partial charge is 0.504 e. The lowest BCUT2D eigenvalue weighted by Crippen LogP contribution is -2.20. The molecule has 0 unspecified atom stereocenters. The number of hydrogen-bond acceptors (Lipinski definition) is 4. The van der Waals surface area contributed by atoms with Gasteiger partial charge in [-0.3, -0.25) is 0 Å². The second kappa shape index (κ2) is 9.04. The maximum atomic E-state index is 5.31. The van der Waals surface area contributed by atoms with E-state index in [1.165, 1.54) is 5.56 Å². The molecular weight excluding hydrogens is 215 g/mol. The highest BCUT2D eigenvalue weighted by Crippen LogP contribution is 2.11. The maximum absolute atomic E-state index is 5.31. The number of benzene rings is 1. The Morgan fingerprint density at radius 1 is 1.18 bits per heavy atom. The van der Waals surface area contributed by atoms with Crippen LogP contribution in [0.5, 0.6) is 5.75 Å². The molecule has 1 aromatic carbocycles. The molecule has 3 N–H and O–H groups in total. The van der Waals surface area contributed by atoms with Gasteiger partial charge in [-0.2, -0.15) is 0 Å². The van der Waals surface area contributed by atoms with Crippen molar-refractivity contribution in [2.75, 3.05) is 32.8 Å². The van der Waals surface area contributed by atoms with Crippen LogP contribution in [0.15, 0.2) is 24.3 Å². The van der Waals surface area contributed by atoms with Crippen molar-refractivity contribution in [2.45, 2.75) is 6.54 Å². The van der Waals surface area contributed by atoms with Gasteiger partial charge in [0.2, 0.25) is 0 Å². The average molecular weight is 234 g/mol. The maximum Gasteiger partial charge on any atom is 0.122 e. The van der Waals surface area contributed by atoms with Gasteiger partial charge in [-0.1, -0.05) is 12.1 Å². The molecular formula is C12H19BN2O2. The summed E-state index contributed by atoms with van der Waals surface area (Å²) in [6, 6.07) is 7.85. The predicted molar refractivity (Wildman–Crippen MR) is 69.3 cm³/mol. The van der Waals surface area contributed by atoms with Crippen molar-refractivity contribution in [2.24, 2.45) is 5.73 Å². The smallest absolute Gasteiger partial charge is 0.122 e. The molecule has 1 aromatic rings. The van der Waals surface area contributed by atoms with Crippen LogP contribution in [0.2, 0.25) is 0 Å². The summed E-state index contributed by atoms with van der Waals surface area (Å²) in [4.78, 5) is 0. The monoisotopic (exact) mass is 234 g/mol. The van der Waals surface area contributed by atoms with Crippen LogP contribution in [-0.4, -0.2) is 40.7 Å². The van der Waals surface area contributed by atoms with Crippen molar-refractivity contribution in [3.05, 3.63) is 29.8 Å². The van der Waals surface area contributed by atoms with Crippen LogP contribution in [0, 0.1) is 0 Å². The minimum absolute atomic E-state index is 0.204. The van der Waals surface area contributed by atoms with Gasteiger partial charge < -0.3 is 20.5 Å². The fourth-order valence-corrected chi connectivity index (χ4v) is 1.36.